The van der Waals surface area contributed by atoms with Crippen LogP contribution in [-0.2, 0) is 17.8 Å². The number of benzene rings is 1. The van der Waals surface area contributed by atoms with Gasteiger partial charge in [0.05, 0.1) is 19.2 Å². The van der Waals surface area contributed by atoms with E-state index in [0.717, 1.165) is 10.0 Å². The third-order valence-corrected chi connectivity index (χ3v) is 3.37. The third-order valence-electron chi connectivity index (χ3n) is 2.64. The molecule has 0 bridgehead atoms. The number of aromatic nitrogens is 2. The summed E-state index contributed by atoms with van der Waals surface area (Å²) in [5.41, 5.74) is 1.53. The normalized spacial score (nSPS) is 10.6. The van der Waals surface area contributed by atoms with E-state index >= 15 is 0 Å². The Balaban J connectivity index is 1.94. The molecule has 0 aliphatic rings. The minimum atomic E-state index is -0.355. The molecule has 6 nitrogen and oxygen atoms in total. The Hall–Kier alpha value is -1.73. The molecule has 0 aliphatic carbocycles. The number of nitrogens with zero attached hydrogens (tertiary/aromatic N) is 2. The summed E-state index contributed by atoms with van der Waals surface area (Å²) in [6, 6.07) is 5.33. The van der Waals surface area contributed by atoms with E-state index in [-0.39, 0.29) is 5.97 Å². The number of hydrogen-bond donors (Lipinski definition) is 1. The molecular weight excluding hydrogens is 326 g/mol. The minimum absolute atomic E-state index is 0.355. The molecule has 0 saturated heterocycles. The predicted octanol–water partition coefficient (Wildman–Crippen LogP) is 2.22. The molecular formula is C13H14BrN3O3. The maximum absolute atomic E-state index is 11.4. The summed E-state index contributed by atoms with van der Waals surface area (Å²) < 4.78 is 10.5. The molecule has 1 N–H and O–H groups in total. The molecule has 1 aromatic heterocycles. The molecule has 2 rings (SSSR count). The molecule has 0 saturated carbocycles. The first-order valence-corrected chi connectivity index (χ1v) is 6.76. The van der Waals surface area contributed by atoms with Gasteiger partial charge >= 0.3 is 5.97 Å². The highest BCUT2D eigenvalue weighted by Crippen LogP contribution is 2.19. The number of ether oxygens (including phenoxy) is 1. The summed E-state index contributed by atoms with van der Waals surface area (Å²) in [5.74, 6) is 0.807. The van der Waals surface area contributed by atoms with Crippen LogP contribution in [0.4, 0.5) is 0 Å². The van der Waals surface area contributed by atoms with E-state index < -0.39 is 0 Å². The van der Waals surface area contributed by atoms with E-state index in [4.69, 9.17) is 4.52 Å². The lowest BCUT2D eigenvalue weighted by Crippen LogP contribution is -2.13. The lowest BCUT2D eigenvalue weighted by atomic mass is 10.1. The van der Waals surface area contributed by atoms with Gasteiger partial charge in [0.1, 0.15) is 0 Å². The number of rotatable bonds is 5. The number of halogens is 1. The molecule has 0 aliphatic heterocycles. The number of nitrogens with one attached hydrogen (secondary N) is 1. The number of aryl methyl sites for hydroxylation is 1. The van der Waals surface area contributed by atoms with Crippen LogP contribution in [0.15, 0.2) is 27.2 Å². The Morgan fingerprint density at radius 3 is 2.85 bits per heavy atom. The molecule has 1 aromatic carbocycles. The van der Waals surface area contributed by atoms with E-state index in [1.807, 2.05) is 6.07 Å². The molecule has 1 heterocycles. The Bertz CT molecular complexity index is 613. The molecule has 7 heteroatoms. The monoisotopic (exact) mass is 339 g/mol. The van der Waals surface area contributed by atoms with Gasteiger partial charge in [0.25, 0.3) is 0 Å². The second-order valence-electron chi connectivity index (χ2n) is 4.14. The highest BCUT2D eigenvalue weighted by atomic mass is 79.9. The fraction of sp³-hybridized carbons (Fsp3) is 0.308. The summed E-state index contributed by atoms with van der Waals surface area (Å²) in [6.45, 7) is 2.88. The molecule has 2 aromatic rings. The zero-order chi connectivity index (χ0) is 14.5. The fourth-order valence-corrected chi connectivity index (χ4v) is 2.17. The van der Waals surface area contributed by atoms with E-state index in [1.165, 1.54) is 7.11 Å². The second-order valence-corrected chi connectivity index (χ2v) is 4.99. The predicted molar refractivity (Wildman–Crippen MR) is 75.1 cm³/mol. The van der Waals surface area contributed by atoms with Crippen molar-refractivity contribution in [2.75, 3.05) is 7.11 Å². The number of hydrogen-bond acceptors (Lipinski definition) is 6. The highest BCUT2D eigenvalue weighted by Gasteiger charge is 2.09. The second kappa shape index (κ2) is 6.62. The van der Waals surface area contributed by atoms with Crippen LogP contribution < -0.4 is 5.32 Å². The van der Waals surface area contributed by atoms with Crippen LogP contribution in [0.5, 0.6) is 0 Å². The fourth-order valence-electron chi connectivity index (χ4n) is 1.65. The van der Waals surface area contributed by atoms with E-state index in [2.05, 4.69) is 36.1 Å². The van der Waals surface area contributed by atoms with Crippen LogP contribution in [0.3, 0.4) is 0 Å². The maximum Gasteiger partial charge on any atom is 0.337 e. The van der Waals surface area contributed by atoms with Crippen molar-refractivity contribution in [2.45, 2.75) is 20.0 Å². The molecule has 0 radical (unpaired) electrons. The van der Waals surface area contributed by atoms with Crippen molar-refractivity contribution >= 4 is 21.9 Å². The summed E-state index contributed by atoms with van der Waals surface area (Å²) in [6.07, 6.45) is 0. The van der Waals surface area contributed by atoms with E-state index in [9.17, 15) is 4.79 Å². The Morgan fingerprint density at radius 2 is 2.25 bits per heavy atom. The first kappa shape index (κ1) is 14.7. The number of methoxy groups -OCH3 is 1. The first-order chi connectivity index (χ1) is 9.60. The molecule has 0 unspecified atom stereocenters. The van der Waals surface area contributed by atoms with Crippen LogP contribution in [-0.4, -0.2) is 23.2 Å². The van der Waals surface area contributed by atoms with Gasteiger partial charge < -0.3 is 14.6 Å². The third kappa shape index (κ3) is 3.64. The van der Waals surface area contributed by atoms with E-state index in [1.54, 1.807) is 19.1 Å². The average molecular weight is 340 g/mol. The van der Waals surface area contributed by atoms with Gasteiger partial charge in [0, 0.05) is 11.0 Å². The van der Waals surface area contributed by atoms with Crippen LogP contribution in [0.25, 0.3) is 0 Å². The van der Waals surface area contributed by atoms with Gasteiger partial charge in [-0.1, -0.05) is 27.2 Å². The van der Waals surface area contributed by atoms with Crippen molar-refractivity contribution < 1.29 is 14.1 Å². The summed E-state index contributed by atoms with van der Waals surface area (Å²) >= 11 is 3.44. The smallest absolute Gasteiger partial charge is 0.337 e. The van der Waals surface area contributed by atoms with Crippen molar-refractivity contribution in [1.82, 2.24) is 15.5 Å². The molecule has 0 fully saturated rings. The average Bonchev–Trinajstić information content (AvgIpc) is 2.85. The molecule has 0 atom stereocenters. The number of carbonyl (C=O) groups is 1. The number of carbonyl (C=O) groups excluding carboxylic acids is 1. The highest BCUT2D eigenvalue weighted by molar-refractivity contribution is 9.10. The van der Waals surface area contributed by atoms with Gasteiger partial charge in [-0.3, -0.25) is 0 Å². The van der Waals surface area contributed by atoms with Crippen molar-refractivity contribution in [3.05, 3.63) is 45.5 Å². The standard InChI is InChI=1S/C13H14BrN3O3/c1-8-16-12(20-17-8)7-15-6-10-4-3-9(5-11(10)14)13(18)19-2/h3-5,15H,6-7H2,1-2H3. The van der Waals surface area contributed by atoms with Gasteiger partial charge in [-0.2, -0.15) is 4.98 Å². The van der Waals surface area contributed by atoms with Crippen molar-refractivity contribution in [2.24, 2.45) is 0 Å². The van der Waals surface area contributed by atoms with Crippen LogP contribution in [0.2, 0.25) is 0 Å². The summed E-state index contributed by atoms with van der Waals surface area (Å²) in [4.78, 5) is 15.5. The lowest BCUT2D eigenvalue weighted by Gasteiger charge is -2.07. The Kier molecular flexibility index (Phi) is 4.86. The summed E-state index contributed by atoms with van der Waals surface area (Å²) in [7, 11) is 1.36. The largest absolute Gasteiger partial charge is 0.465 e. The van der Waals surface area contributed by atoms with Crippen molar-refractivity contribution in [3.63, 3.8) is 0 Å². The Labute approximate surface area is 124 Å². The van der Waals surface area contributed by atoms with Gasteiger partial charge in [-0.05, 0) is 24.6 Å². The van der Waals surface area contributed by atoms with Crippen LogP contribution in [0, 0.1) is 6.92 Å². The van der Waals surface area contributed by atoms with Crippen molar-refractivity contribution in [3.8, 4) is 0 Å². The van der Waals surface area contributed by atoms with Crippen LogP contribution in [0.1, 0.15) is 27.6 Å². The zero-order valence-electron chi connectivity index (χ0n) is 11.1. The van der Waals surface area contributed by atoms with Gasteiger partial charge in [-0.15, -0.1) is 0 Å². The van der Waals surface area contributed by atoms with Gasteiger partial charge in [0.2, 0.25) is 5.89 Å². The SMILES string of the molecule is COC(=O)c1ccc(CNCc2nc(C)no2)c(Br)c1. The number of esters is 1. The van der Waals surface area contributed by atoms with Crippen molar-refractivity contribution in [1.29, 1.82) is 0 Å². The lowest BCUT2D eigenvalue weighted by molar-refractivity contribution is 0.0600. The Morgan fingerprint density at radius 1 is 1.45 bits per heavy atom. The van der Waals surface area contributed by atoms with Gasteiger partial charge in [-0.25, -0.2) is 4.79 Å². The molecule has 106 valence electrons. The molecule has 0 amide bonds. The molecule has 20 heavy (non-hydrogen) atoms. The summed E-state index contributed by atoms with van der Waals surface area (Å²) in [5, 5.41) is 6.91. The van der Waals surface area contributed by atoms with E-state index in [0.29, 0.717) is 30.4 Å². The van der Waals surface area contributed by atoms with Gasteiger partial charge in [0.15, 0.2) is 5.82 Å². The molecule has 0 spiro atoms. The van der Waals surface area contributed by atoms with Crippen LogP contribution >= 0.6 is 15.9 Å². The minimum Gasteiger partial charge on any atom is -0.465 e. The topological polar surface area (TPSA) is 77.2 Å². The maximum atomic E-state index is 11.4. The quantitative estimate of drug-likeness (QED) is 0.841. The first-order valence-electron chi connectivity index (χ1n) is 5.97. The zero-order valence-corrected chi connectivity index (χ0v) is 12.7.